The summed E-state index contributed by atoms with van der Waals surface area (Å²) < 4.78 is 46.1. The van der Waals surface area contributed by atoms with E-state index in [1.54, 1.807) is 16.8 Å². The zero-order valence-corrected chi connectivity index (χ0v) is 18.0. The first kappa shape index (κ1) is 21.9. The number of aromatic nitrogens is 2. The molecule has 0 unspecified atom stereocenters. The van der Waals surface area contributed by atoms with E-state index in [-0.39, 0.29) is 12.6 Å². The lowest BCUT2D eigenvalue weighted by Crippen LogP contribution is -2.07. The molecule has 5 nitrogen and oxygen atoms in total. The summed E-state index contributed by atoms with van der Waals surface area (Å²) in [4.78, 5) is 16.4. The summed E-state index contributed by atoms with van der Waals surface area (Å²) in [5.41, 5.74) is 1.47. The summed E-state index contributed by atoms with van der Waals surface area (Å²) in [6.45, 7) is 3.61. The van der Waals surface area contributed by atoms with Crippen molar-refractivity contribution in [2.75, 3.05) is 0 Å². The molecule has 4 rings (SSSR count). The van der Waals surface area contributed by atoms with Gasteiger partial charge in [-0.05, 0) is 50.2 Å². The maximum atomic E-state index is 12.8. The first-order valence-corrected chi connectivity index (χ1v) is 10.6. The van der Waals surface area contributed by atoms with E-state index in [2.05, 4.69) is 4.98 Å². The Labute approximate surface area is 185 Å². The third-order valence-corrected chi connectivity index (χ3v) is 6.39. The normalized spacial score (nSPS) is 12.8. The number of nitrogens with zero attached hydrogens (tertiary/aromatic N) is 2. The van der Waals surface area contributed by atoms with Crippen molar-refractivity contribution in [3.05, 3.63) is 70.9 Å². The van der Waals surface area contributed by atoms with Gasteiger partial charge < -0.3 is 14.4 Å². The Morgan fingerprint density at radius 3 is 2.56 bits per heavy atom. The van der Waals surface area contributed by atoms with Crippen LogP contribution in [0.2, 0.25) is 0 Å². The summed E-state index contributed by atoms with van der Waals surface area (Å²) in [5, 5.41) is 10.5. The van der Waals surface area contributed by atoms with Gasteiger partial charge in [0.15, 0.2) is 0 Å². The summed E-state index contributed by atoms with van der Waals surface area (Å²) in [6, 6.07) is 12.2. The molecule has 2 aromatic heterocycles. The number of ether oxygens (including phenoxy) is 1. The molecule has 0 aliphatic heterocycles. The number of aryl methyl sites for hydroxylation is 1. The van der Waals surface area contributed by atoms with E-state index in [0.29, 0.717) is 16.3 Å². The molecule has 0 saturated carbocycles. The number of alkyl halides is 3. The van der Waals surface area contributed by atoms with Crippen LogP contribution in [0.4, 0.5) is 13.2 Å². The molecule has 0 aliphatic rings. The minimum atomic E-state index is -4.37. The average Bonchev–Trinajstić information content (AvgIpc) is 3.30. The van der Waals surface area contributed by atoms with Gasteiger partial charge in [0.2, 0.25) is 0 Å². The van der Waals surface area contributed by atoms with Crippen LogP contribution in [0.3, 0.4) is 0 Å². The second-order valence-electron chi connectivity index (χ2n) is 7.36. The molecule has 0 aliphatic carbocycles. The molecule has 0 amide bonds. The first-order valence-electron chi connectivity index (χ1n) is 9.74. The van der Waals surface area contributed by atoms with Gasteiger partial charge in [-0.1, -0.05) is 12.1 Å². The van der Waals surface area contributed by atoms with Crippen LogP contribution in [0.15, 0.2) is 54.7 Å². The molecule has 9 heteroatoms. The van der Waals surface area contributed by atoms with E-state index in [4.69, 9.17) is 9.84 Å². The van der Waals surface area contributed by atoms with Gasteiger partial charge in [-0.2, -0.15) is 13.2 Å². The third kappa shape index (κ3) is 4.47. The van der Waals surface area contributed by atoms with Gasteiger partial charge >= 0.3 is 12.1 Å². The van der Waals surface area contributed by atoms with Gasteiger partial charge in [-0.3, -0.25) is 4.79 Å². The fraction of sp³-hybridized carbons (Fsp3) is 0.217. The lowest BCUT2D eigenvalue weighted by atomic mass is 10.1. The SMILES string of the molecule is Cc1nc(-c2ccc(C(F)(F)F)cc2)sc1[C@@H](C)Oc1ccc2c(ccn2CC(=O)O)c1. The van der Waals surface area contributed by atoms with Gasteiger partial charge in [-0.15, -0.1) is 11.3 Å². The Bertz CT molecular complexity index is 1280. The molecule has 4 aromatic rings. The van der Waals surface area contributed by atoms with Crippen LogP contribution in [0.25, 0.3) is 21.5 Å². The zero-order chi connectivity index (χ0) is 23.0. The molecule has 166 valence electrons. The number of fused-ring (bicyclic) bond motifs is 1. The summed E-state index contributed by atoms with van der Waals surface area (Å²) >= 11 is 1.38. The topological polar surface area (TPSA) is 64.4 Å². The highest BCUT2D eigenvalue weighted by atomic mass is 32.1. The smallest absolute Gasteiger partial charge is 0.416 e. The van der Waals surface area contributed by atoms with E-state index >= 15 is 0 Å². The summed E-state index contributed by atoms with van der Waals surface area (Å²) in [5.74, 6) is -0.289. The first-order chi connectivity index (χ1) is 15.1. The third-order valence-electron chi connectivity index (χ3n) is 5.02. The van der Waals surface area contributed by atoms with Gasteiger partial charge in [0.05, 0.1) is 16.1 Å². The quantitative estimate of drug-likeness (QED) is 0.366. The summed E-state index contributed by atoms with van der Waals surface area (Å²) in [7, 11) is 0. The molecular weight excluding hydrogens is 441 g/mol. The van der Waals surface area contributed by atoms with Crippen molar-refractivity contribution in [1.29, 1.82) is 0 Å². The Morgan fingerprint density at radius 2 is 1.91 bits per heavy atom. The van der Waals surface area contributed by atoms with E-state index in [9.17, 15) is 18.0 Å². The fourth-order valence-electron chi connectivity index (χ4n) is 3.50. The second-order valence-corrected chi connectivity index (χ2v) is 8.39. The summed E-state index contributed by atoms with van der Waals surface area (Å²) in [6.07, 6.45) is -2.98. The van der Waals surface area contributed by atoms with Crippen molar-refractivity contribution in [3.63, 3.8) is 0 Å². The molecule has 0 bridgehead atoms. The Morgan fingerprint density at radius 1 is 1.19 bits per heavy atom. The minimum absolute atomic E-state index is 0.118. The van der Waals surface area contributed by atoms with Crippen LogP contribution in [0.1, 0.15) is 29.2 Å². The zero-order valence-electron chi connectivity index (χ0n) is 17.2. The Hall–Kier alpha value is -3.33. The molecule has 0 saturated heterocycles. The van der Waals surface area contributed by atoms with Crippen molar-refractivity contribution in [2.45, 2.75) is 32.7 Å². The highest BCUT2D eigenvalue weighted by molar-refractivity contribution is 7.15. The predicted octanol–water partition coefficient (Wildman–Crippen LogP) is 6.32. The van der Waals surface area contributed by atoms with Gasteiger partial charge in [-0.25, -0.2) is 4.98 Å². The second kappa shape index (κ2) is 8.31. The average molecular weight is 460 g/mol. The van der Waals surface area contributed by atoms with Gasteiger partial charge in [0.1, 0.15) is 23.4 Å². The van der Waals surface area contributed by atoms with Crippen LogP contribution in [-0.2, 0) is 17.5 Å². The largest absolute Gasteiger partial charge is 0.485 e. The standard InChI is InChI=1S/C23H19F3N2O3S/c1-13-21(32-22(27-13)15-3-5-17(6-4-15)23(24,25)26)14(2)31-18-7-8-19-16(11-18)9-10-28(19)12-20(29)30/h3-11,14H,12H2,1-2H3,(H,29,30)/t14-/m1/s1. The van der Waals surface area contributed by atoms with Crippen LogP contribution in [0.5, 0.6) is 5.75 Å². The molecule has 0 spiro atoms. The number of hydrogen-bond acceptors (Lipinski definition) is 4. The minimum Gasteiger partial charge on any atom is -0.485 e. The lowest BCUT2D eigenvalue weighted by Gasteiger charge is -2.14. The molecule has 2 aromatic carbocycles. The highest BCUT2D eigenvalue weighted by Crippen LogP contribution is 2.36. The number of rotatable bonds is 6. The van der Waals surface area contributed by atoms with Crippen LogP contribution in [0, 0.1) is 6.92 Å². The fourth-order valence-corrected chi connectivity index (χ4v) is 4.56. The molecule has 32 heavy (non-hydrogen) atoms. The van der Waals surface area contributed by atoms with Crippen molar-refractivity contribution >= 4 is 28.2 Å². The lowest BCUT2D eigenvalue weighted by molar-refractivity contribution is -0.138. The number of carboxylic acid groups (broad SMARTS) is 1. The predicted molar refractivity (Wildman–Crippen MR) is 116 cm³/mol. The van der Waals surface area contributed by atoms with E-state index in [1.165, 1.54) is 23.5 Å². The van der Waals surface area contributed by atoms with Crippen molar-refractivity contribution < 1.29 is 27.8 Å². The van der Waals surface area contributed by atoms with Gasteiger partial charge in [0, 0.05) is 22.7 Å². The number of halogens is 3. The number of carbonyl (C=O) groups is 1. The molecular formula is C23H19F3N2O3S. The number of carboxylic acids is 1. The van der Waals surface area contributed by atoms with Crippen LogP contribution < -0.4 is 4.74 Å². The van der Waals surface area contributed by atoms with E-state index in [0.717, 1.165) is 33.6 Å². The van der Waals surface area contributed by atoms with Crippen molar-refractivity contribution in [1.82, 2.24) is 9.55 Å². The number of aliphatic carboxylic acids is 1. The van der Waals surface area contributed by atoms with Crippen molar-refractivity contribution in [2.24, 2.45) is 0 Å². The number of thiazole rings is 1. The number of benzene rings is 2. The Kier molecular flexibility index (Phi) is 5.68. The highest BCUT2D eigenvalue weighted by Gasteiger charge is 2.30. The molecule has 2 heterocycles. The van der Waals surface area contributed by atoms with Crippen molar-refractivity contribution in [3.8, 4) is 16.3 Å². The van der Waals surface area contributed by atoms with Gasteiger partial charge in [0.25, 0.3) is 0 Å². The molecule has 0 fully saturated rings. The molecule has 1 N–H and O–H groups in total. The Balaban J connectivity index is 1.53. The van der Waals surface area contributed by atoms with Crippen LogP contribution >= 0.6 is 11.3 Å². The molecule has 1 atom stereocenters. The van der Waals surface area contributed by atoms with E-state index < -0.39 is 17.7 Å². The maximum absolute atomic E-state index is 12.8. The number of hydrogen-bond donors (Lipinski definition) is 1. The van der Waals surface area contributed by atoms with E-state index in [1.807, 2.05) is 32.0 Å². The monoisotopic (exact) mass is 460 g/mol. The molecule has 0 radical (unpaired) electrons. The maximum Gasteiger partial charge on any atom is 0.416 e. The van der Waals surface area contributed by atoms with Crippen LogP contribution in [-0.4, -0.2) is 20.6 Å².